The van der Waals surface area contributed by atoms with Crippen LogP contribution < -0.4 is 10.6 Å². The fourth-order valence-corrected chi connectivity index (χ4v) is 2.56. The highest BCUT2D eigenvalue weighted by Crippen LogP contribution is 2.11. The maximum absolute atomic E-state index is 11.8. The number of aryl methyl sites for hydroxylation is 1. The van der Waals surface area contributed by atoms with E-state index >= 15 is 0 Å². The maximum Gasteiger partial charge on any atom is 0.237 e. The molecule has 1 fully saturated rings. The number of aromatic nitrogens is 1. The molecule has 1 aliphatic rings. The number of carbonyl (C=O) groups is 1. The Morgan fingerprint density at radius 1 is 1.76 bits per heavy atom. The van der Waals surface area contributed by atoms with Crippen molar-refractivity contribution in [2.75, 3.05) is 13.7 Å². The minimum atomic E-state index is -0.138. The first-order valence-corrected chi connectivity index (χ1v) is 6.52. The second-order valence-corrected chi connectivity index (χ2v) is 5.10. The maximum atomic E-state index is 11.8. The van der Waals surface area contributed by atoms with Gasteiger partial charge in [-0.1, -0.05) is 0 Å². The minimum absolute atomic E-state index is 0.0254. The van der Waals surface area contributed by atoms with Crippen molar-refractivity contribution >= 4 is 17.2 Å². The summed E-state index contributed by atoms with van der Waals surface area (Å²) in [6.45, 7) is 3.20. The lowest BCUT2D eigenvalue weighted by Gasteiger charge is -2.10. The molecule has 1 aromatic heterocycles. The molecule has 1 amide bonds. The van der Waals surface area contributed by atoms with Crippen LogP contribution in [0, 0.1) is 6.92 Å². The first-order chi connectivity index (χ1) is 8.19. The van der Waals surface area contributed by atoms with Crippen molar-refractivity contribution in [3.8, 4) is 0 Å². The van der Waals surface area contributed by atoms with Gasteiger partial charge in [-0.15, -0.1) is 11.3 Å². The van der Waals surface area contributed by atoms with Gasteiger partial charge in [-0.3, -0.25) is 4.79 Å². The first-order valence-electron chi connectivity index (χ1n) is 5.64. The van der Waals surface area contributed by atoms with Gasteiger partial charge in [0.2, 0.25) is 5.91 Å². The standard InChI is InChI=1S/C11H17N3O2S/c1-7-6-17-10(14-7)5-13-11(15)9-3-8(16-2)4-12-9/h6,8-9,12H,3-5H2,1-2H3,(H,13,15). The molecule has 0 aromatic carbocycles. The van der Waals surface area contributed by atoms with Crippen LogP contribution in [-0.2, 0) is 16.1 Å². The Labute approximate surface area is 105 Å². The summed E-state index contributed by atoms with van der Waals surface area (Å²) in [6.07, 6.45) is 0.882. The van der Waals surface area contributed by atoms with Crippen LogP contribution >= 0.6 is 11.3 Å². The van der Waals surface area contributed by atoms with E-state index < -0.39 is 0 Å². The van der Waals surface area contributed by atoms with Crippen LogP contribution in [0.15, 0.2) is 5.38 Å². The highest BCUT2D eigenvalue weighted by atomic mass is 32.1. The van der Waals surface area contributed by atoms with Crippen LogP contribution in [0.2, 0.25) is 0 Å². The molecule has 0 radical (unpaired) electrons. The number of hydrogen-bond acceptors (Lipinski definition) is 5. The molecule has 0 spiro atoms. The summed E-state index contributed by atoms with van der Waals surface area (Å²) < 4.78 is 5.20. The topological polar surface area (TPSA) is 63.2 Å². The van der Waals surface area contributed by atoms with Gasteiger partial charge < -0.3 is 15.4 Å². The Morgan fingerprint density at radius 3 is 3.18 bits per heavy atom. The Bertz CT molecular complexity index is 394. The normalized spacial score (nSPS) is 23.9. The van der Waals surface area contributed by atoms with Crippen molar-refractivity contribution in [1.82, 2.24) is 15.6 Å². The number of rotatable bonds is 4. The van der Waals surface area contributed by atoms with Crippen molar-refractivity contribution < 1.29 is 9.53 Å². The zero-order chi connectivity index (χ0) is 12.3. The summed E-state index contributed by atoms with van der Waals surface area (Å²) in [5.74, 6) is 0.0254. The summed E-state index contributed by atoms with van der Waals surface area (Å²) in [5, 5.41) is 8.96. The quantitative estimate of drug-likeness (QED) is 0.820. The smallest absolute Gasteiger partial charge is 0.237 e. The summed E-state index contributed by atoms with van der Waals surface area (Å²) >= 11 is 1.57. The van der Waals surface area contributed by atoms with E-state index in [1.54, 1.807) is 18.4 Å². The molecule has 2 N–H and O–H groups in total. The van der Waals surface area contributed by atoms with Crippen LogP contribution in [0.1, 0.15) is 17.1 Å². The van der Waals surface area contributed by atoms with E-state index in [-0.39, 0.29) is 18.1 Å². The number of nitrogens with one attached hydrogen (secondary N) is 2. The largest absolute Gasteiger partial charge is 0.380 e. The number of ether oxygens (including phenoxy) is 1. The van der Waals surface area contributed by atoms with E-state index in [9.17, 15) is 4.79 Å². The molecular formula is C11H17N3O2S. The molecule has 0 bridgehead atoms. The number of thiazole rings is 1. The van der Waals surface area contributed by atoms with Crippen LogP contribution in [0.3, 0.4) is 0 Å². The van der Waals surface area contributed by atoms with Crippen molar-refractivity contribution in [3.63, 3.8) is 0 Å². The van der Waals surface area contributed by atoms with Gasteiger partial charge in [0.1, 0.15) is 5.01 Å². The molecule has 2 atom stereocenters. The van der Waals surface area contributed by atoms with Gasteiger partial charge in [0.05, 0.1) is 18.7 Å². The molecule has 94 valence electrons. The Kier molecular flexibility index (Phi) is 4.09. The van der Waals surface area contributed by atoms with Crippen molar-refractivity contribution in [1.29, 1.82) is 0 Å². The van der Waals surface area contributed by atoms with Gasteiger partial charge in [-0.25, -0.2) is 4.98 Å². The molecule has 2 unspecified atom stereocenters. The highest BCUT2D eigenvalue weighted by Gasteiger charge is 2.29. The molecule has 1 saturated heterocycles. The third-order valence-electron chi connectivity index (χ3n) is 2.82. The summed E-state index contributed by atoms with van der Waals surface area (Å²) in [6, 6.07) is -0.138. The van der Waals surface area contributed by atoms with Gasteiger partial charge in [-0.2, -0.15) is 0 Å². The first kappa shape index (κ1) is 12.5. The summed E-state index contributed by atoms with van der Waals surface area (Å²) in [7, 11) is 1.67. The number of nitrogens with zero attached hydrogens (tertiary/aromatic N) is 1. The molecule has 0 saturated carbocycles. The lowest BCUT2D eigenvalue weighted by molar-refractivity contribution is -0.123. The van der Waals surface area contributed by atoms with E-state index in [0.29, 0.717) is 6.54 Å². The number of hydrogen-bond donors (Lipinski definition) is 2. The van der Waals surface area contributed by atoms with E-state index in [1.165, 1.54) is 0 Å². The van der Waals surface area contributed by atoms with Crippen LogP contribution in [0.4, 0.5) is 0 Å². The highest BCUT2D eigenvalue weighted by molar-refractivity contribution is 7.09. The summed E-state index contributed by atoms with van der Waals surface area (Å²) in [5.41, 5.74) is 0.998. The molecule has 2 rings (SSSR count). The lowest BCUT2D eigenvalue weighted by atomic mass is 10.2. The third kappa shape index (κ3) is 3.24. The van der Waals surface area contributed by atoms with Crippen molar-refractivity contribution in [3.05, 3.63) is 16.1 Å². The zero-order valence-corrected chi connectivity index (χ0v) is 10.8. The molecule has 0 aliphatic carbocycles. The third-order valence-corrected chi connectivity index (χ3v) is 3.79. The number of carbonyl (C=O) groups excluding carboxylic acids is 1. The van der Waals surface area contributed by atoms with Gasteiger partial charge in [0.15, 0.2) is 0 Å². The summed E-state index contributed by atoms with van der Waals surface area (Å²) in [4.78, 5) is 16.1. The zero-order valence-electron chi connectivity index (χ0n) is 10.0. The second-order valence-electron chi connectivity index (χ2n) is 4.15. The van der Waals surface area contributed by atoms with Gasteiger partial charge >= 0.3 is 0 Å². The Balaban J connectivity index is 1.78. The van der Waals surface area contributed by atoms with E-state index in [0.717, 1.165) is 23.7 Å². The predicted molar refractivity (Wildman–Crippen MR) is 65.9 cm³/mol. The van der Waals surface area contributed by atoms with Crippen molar-refractivity contribution in [2.24, 2.45) is 0 Å². The molecule has 1 aromatic rings. The Hall–Kier alpha value is -0.980. The molecule has 1 aliphatic heterocycles. The molecule has 5 nitrogen and oxygen atoms in total. The van der Waals surface area contributed by atoms with Gasteiger partial charge in [0.25, 0.3) is 0 Å². The average molecular weight is 255 g/mol. The molecule has 17 heavy (non-hydrogen) atoms. The number of amides is 1. The fourth-order valence-electron chi connectivity index (χ4n) is 1.85. The SMILES string of the molecule is COC1CNC(C(=O)NCc2nc(C)cs2)C1. The molecular weight excluding hydrogens is 238 g/mol. The van der Waals surface area contributed by atoms with E-state index in [2.05, 4.69) is 15.6 Å². The van der Waals surface area contributed by atoms with Crippen LogP contribution in [0.5, 0.6) is 0 Å². The van der Waals surface area contributed by atoms with Crippen LogP contribution in [-0.4, -0.2) is 36.7 Å². The van der Waals surface area contributed by atoms with E-state index in [1.807, 2.05) is 12.3 Å². The second kappa shape index (κ2) is 5.57. The lowest BCUT2D eigenvalue weighted by Crippen LogP contribution is -2.39. The number of methoxy groups -OCH3 is 1. The molecule has 2 heterocycles. The Morgan fingerprint density at radius 2 is 2.59 bits per heavy atom. The monoisotopic (exact) mass is 255 g/mol. The fraction of sp³-hybridized carbons (Fsp3) is 0.636. The van der Waals surface area contributed by atoms with Crippen molar-refractivity contribution in [2.45, 2.75) is 32.0 Å². The molecule has 6 heteroatoms. The van der Waals surface area contributed by atoms with Crippen LogP contribution in [0.25, 0.3) is 0 Å². The predicted octanol–water partition coefficient (Wildman–Crippen LogP) is 0.445. The van der Waals surface area contributed by atoms with Gasteiger partial charge in [0, 0.05) is 24.7 Å². The van der Waals surface area contributed by atoms with E-state index in [4.69, 9.17) is 4.74 Å². The van der Waals surface area contributed by atoms with Gasteiger partial charge in [-0.05, 0) is 13.3 Å². The average Bonchev–Trinajstić information content (AvgIpc) is 2.94. The minimum Gasteiger partial charge on any atom is -0.380 e.